The van der Waals surface area contributed by atoms with Crippen molar-refractivity contribution in [1.82, 2.24) is 14.5 Å². The molecule has 0 saturated carbocycles. The Morgan fingerprint density at radius 1 is 0.618 bits per heavy atom. The normalized spacial score (nSPS) is 13.8. The van der Waals surface area contributed by atoms with E-state index in [2.05, 4.69) is 116 Å². The van der Waals surface area contributed by atoms with Crippen LogP contribution in [0.2, 0.25) is 0 Å². The third kappa shape index (κ3) is 9.41. The molecule has 0 saturated heterocycles. The molecule has 0 radical (unpaired) electrons. The zero-order valence-electron chi connectivity index (χ0n) is 48.4. The fourth-order valence-electron chi connectivity index (χ4n) is 8.79. The molecule has 2 heterocycles. The Labute approximate surface area is 429 Å². The van der Waals surface area contributed by atoms with Crippen LogP contribution in [0.4, 0.5) is 0 Å². The van der Waals surface area contributed by atoms with Crippen molar-refractivity contribution >= 4 is 11.0 Å². The van der Waals surface area contributed by atoms with Gasteiger partial charge in [-0.2, -0.15) is 0 Å². The summed E-state index contributed by atoms with van der Waals surface area (Å²) in [6, 6.07) is 41.0. The molecule has 0 unspecified atom stereocenters. The van der Waals surface area contributed by atoms with Gasteiger partial charge in [0.15, 0.2) is 0 Å². The molecule has 1 N–H and O–H groups in total. The maximum atomic E-state index is 12.6. The van der Waals surface area contributed by atoms with Crippen molar-refractivity contribution in [1.29, 1.82) is 0 Å². The smallest absolute Gasteiger partial charge is 0.148 e. The summed E-state index contributed by atoms with van der Waals surface area (Å²) in [5.41, 5.74) is 12.0. The van der Waals surface area contributed by atoms with E-state index in [1.165, 1.54) is 0 Å². The number of benzene rings is 7. The molecule has 0 aliphatic carbocycles. The SMILES string of the molecule is [2H]c1c([2H])c([2H])c(-c2ccnc(-c3[c-]c(-c4cccc5c4nc(-c4cc(C(C)C)cc(C(C)C)c4O)n5-c4cc(-c5ccccc5)c(C([2H])([2H])[2H])cc4-c4ccc(C(C)(C)C)cc4)cc(C(C)(C)C)c3)c2)c([2H])c1[2H].[Pt]. The minimum absolute atomic E-state index is 0. The van der Waals surface area contributed by atoms with Crippen molar-refractivity contribution in [3.63, 3.8) is 0 Å². The minimum Gasteiger partial charge on any atom is -0.507 e. The summed E-state index contributed by atoms with van der Waals surface area (Å²) >= 11 is 0. The van der Waals surface area contributed by atoms with Gasteiger partial charge in [-0.1, -0.05) is 189 Å². The van der Waals surface area contributed by atoms with Crippen LogP contribution in [-0.2, 0) is 31.9 Å². The van der Waals surface area contributed by atoms with Gasteiger partial charge in [-0.05, 0) is 110 Å². The zero-order chi connectivity index (χ0) is 54.2. The second-order valence-electron chi connectivity index (χ2n) is 20.2. The number of aromatic hydroxyl groups is 1. The summed E-state index contributed by atoms with van der Waals surface area (Å²) < 4.78 is 71.3. The van der Waals surface area contributed by atoms with Crippen molar-refractivity contribution in [2.24, 2.45) is 0 Å². The first-order valence-corrected chi connectivity index (χ1v) is 23.1. The summed E-state index contributed by atoms with van der Waals surface area (Å²) in [5, 5.41) is 12.6. The molecule has 9 aromatic rings. The molecule has 4 nitrogen and oxygen atoms in total. The van der Waals surface area contributed by atoms with Crippen molar-refractivity contribution in [3.8, 4) is 78.6 Å². The van der Waals surface area contributed by atoms with Gasteiger partial charge < -0.3 is 5.11 Å². The van der Waals surface area contributed by atoms with E-state index < -0.39 is 25.0 Å². The van der Waals surface area contributed by atoms with Crippen LogP contribution < -0.4 is 0 Å². The molecule has 0 spiro atoms. The average molecular weight is 1080 g/mol. The number of aryl methyl sites for hydroxylation is 1. The number of phenolic OH excluding ortho intramolecular Hbond substituents is 1. The number of phenols is 1. The van der Waals surface area contributed by atoms with Crippen molar-refractivity contribution in [2.45, 2.75) is 98.8 Å². The third-order valence-corrected chi connectivity index (χ3v) is 12.7. The molecule has 346 valence electrons. The van der Waals surface area contributed by atoms with Gasteiger partial charge in [0.2, 0.25) is 0 Å². The van der Waals surface area contributed by atoms with E-state index in [0.29, 0.717) is 61.6 Å². The number of nitrogens with zero attached hydrogens (tertiary/aromatic N) is 3. The first-order valence-electron chi connectivity index (χ1n) is 27.1. The Hall–Kier alpha value is -6.35. The van der Waals surface area contributed by atoms with Crippen LogP contribution in [0.5, 0.6) is 5.75 Å². The molecule has 0 aliphatic heterocycles. The van der Waals surface area contributed by atoms with E-state index in [-0.39, 0.29) is 72.7 Å². The van der Waals surface area contributed by atoms with Crippen LogP contribution in [0.1, 0.15) is 120 Å². The number of fused-ring (bicyclic) bond motifs is 1. The molecule has 0 fully saturated rings. The number of imidazole rings is 1. The number of aromatic nitrogens is 3. The van der Waals surface area contributed by atoms with Crippen LogP contribution in [0, 0.1) is 12.9 Å². The van der Waals surface area contributed by atoms with Gasteiger partial charge >= 0.3 is 0 Å². The largest absolute Gasteiger partial charge is 0.507 e. The van der Waals surface area contributed by atoms with Crippen molar-refractivity contribution < 1.29 is 37.1 Å². The van der Waals surface area contributed by atoms with Gasteiger partial charge in [-0.3, -0.25) is 9.55 Å². The monoisotopic (exact) mass is 1080 g/mol. The van der Waals surface area contributed by atoms with Crippen LogP contribution in [0.3, 0.4) is 0 Å². The second-order valence-corrected chi connectivity index (χ2v) is 20.2. The summed E-state index contributed by atoms with van der Waals surface area (Å²) in [6.07, 6.45) is 1.58. The molecule has 5 heteroatoms. The van der Waals surface area contributed by atoms with Gasteiger partial charge in [-0.25, -0.2) is 4.98 Å². The van der Waals surface area contributed by atoms with Crippen molar-refractivity contribution in [2.75, 3.05) is 0 Å². The molecular formula is C63H62N3OPt-. The third-order valence-electron chi connectivity index (χ3n) is 12.7. The Balaban J connectivity index is 0.00000765. The molecule has 7 aromatic carbocycles. The predicted molar refractivity (Wildman–Crippen MR) is 282 cm³/mol. The molecule has 0 atom stereocenters. The van der Waals surface area contributed by atoms with Crippen LogP contribution in [0.25, 0.3) is 83.9 Å². The second kappa shape index (κ2) is 19.0. The van der Waals surface area contributed by atoms with Gasteiger partial charge in [0, 0.05) is 42.6 Å². The maximum absolute atomic E-state index is 12.6. The number of hydrogen-bond acceptors (Lipinski definition) is 3. The minimum atomic E-state index is -2.48. The van der Waals surface area contributed by atoms with E-state index >= 15 is 0 Å². The molecule has 68 heavy (non-hydrogen) atoms. The summed E-state index contributed by atoms with van der Waals surface area (Å²) in [6.45, 7) is 18.8. The number of para-hydroxylation sites is 1. The number of rotatable bonds is 9. The summed E-state index contributed by atoms with van der Waals surface area (Å²) in [5.74, 6) is 0.653. The molecule has 2 aromatic heterocycles. The van der Waals surface area contributed by atoms with Gasteiger partial charge in [0.25, 0.3) is 0 Å². The van der Waals surface area contributed by atoms with E-state index in [1.54, 1.807) is 24.4 Å². The van der Waals surface area contributed by atoms with Gasteiger partial charge in [-0.15, -0.1) is 29.3 Å². The first-order chi connectivity index (χ1) is 35.2. The van der Waals surface area contributed by atoms with Crippen LogP contribution in [0.15, 0.2) is 158 Å². The predicted octanol–water partition coefficient (Wildman–Crippen LogP) is 17.1. The van der Waals surface area contributed by atoms with E-state index in [9.17, 15) is 5.11 Å². The maximum Gasteiger partial charge on any atom is 0.148 e. The van der Waals surface area contributed by atoms with Crippen LogP contribution in [-0.4, -0.2) is 19.6 Å². The Morgan fingerprint density at radius 2 is 1.31 bits per heavy atom. The Kier molecular flexibility index (Phi) is 10.8. The first kappa shape index (κ1) is 38.6. The standard InChI is InChI=1S/C63H62N3O.Pt/c1-39(2)46-35-52(40(3)4)60(67)55(36-46)61-65-59-51(47-32-48(34-50(33-47)63(9,10)11)56-37-45(29-30-64-56)42-19-14-12-15-20-42)23-18-24-57(59)66(61)58-38-53(43-21-16-13-17-22-43)41(5)31-54(58)44-25-27-49(28-26-44)62(6,7)8;/h12-31,33-40,67H,1-11H3;/q-1;/i5D3,12D,14D,15D,19D,20D;. The molecule has 0 amide bonds. The topological polar surface area (TPSA) is 50.9 Å². The van der Waals surface area contributed by atoms with Gasteiger partial charge in [0.05, 0.1) is 29.1 Å². The Bertz CT molecular complexity index is 3650. The Morgan fingerprint density at radius 3 is 1.97 bits per heavy atom. The molecule has 9 rings (SSSR count). The fraction of sp³-hybridized carbons (Fsp3) is 0.238. The average Bonchev–Trinajstić information content (AvgIpc) is 3.76. The quantitative estimate of drug-likeness (QED) is 0.147. The van der Waals surface area contributed by atoms with Crippen LogP contribution >= 0.6 is 0 Å². The van der Waals surface area contributed by atoms with Crippen molar-refractivity contribution in [3.05, 3.63) is 192 Å². The number of hydrogen-bond donors (Lipinski definition) is 1. The van der Waals surface area contributed by atoms with E-state index in [0.717, 1.165) is 38.9 Å². The summed E-state index contributed by atoms with van der Waals surface area (Å²) in [7, 11) is 0. The molecular weight excluding hydrogens is 1010 g/mol. The van der Waals surface area contributed by atoms with E-state index in [4.69, 9.17) is 20.9 Å². The molecule has 0 aliphatic rings. The zero-order valence-corrected chi connectivity index (χ0v) is 42.7. The summed E-state index contributed by atoms with van der Waals surface area (Å²) in [4.78, 5) is 10.4. The molecule has 0 bridgehead atoms. The van der Waals surface area contributed by atoms with Gasteiger partial charge in [0.1, 0.15) is 11.6 Å². The number of pyridine rings is 1. The van der Waals surface area contributed by atoms with E-state index in [1.807, 2.05) is 66.7 Å². The fourth-order valence-corrected chi connectivity index (χ4v) is 8.79.